The molecule has 0 amide bonds. The van der Waals surface area contributed by atoms with Gasteiger partial charge in [-0.25, -0.2) is 0 Å². The van der Waals surface area contributed by atoms with E-state index in [0.29, 0.717) is 0 Å². The Balaban J connectivity index is 2.27. The summed E-state index contributed by atoms with van der Waals surface area (Å²) in [5.41, 5.74) is 11.3. The molecule has 0 saturated carbocycles. The molecular weight excluding hydrogens is 434 g/mol. The fourth-order valence-electron chi connectivity index (χ4n) is 2.84. The summed E-state index contributed by atoms with van der Waals surface area (Å²) in [5, 5.41) is 10.7. The molecule has 1 aromatic heterocycles. The van der Waals surface area contributed by atoms with Crippen molar-refractivity contribution >= 4 is 43.8 Å². The summed E-state index contributed by atoms with van der Waals surface area (Å²) < 4.78 is 66.9. The van der Waals surface area contributed by atoms with Gasteiger partial charge in [-0.2, -0.15) is 16.8 Å². The summed E-state index contributed by atoms with van der Waals surface area (Å²) in [6.45, 7) is 0. The quantitative estimate of drug-likeness (QED) is 0.249. The lowest BCUT2D eigenvalue weighted by atomic mass is 10.0. The maximum Gasteiger partial charge on any atom is 0.297 e. The predicted molar refractivity (Wildman–Crippen MR) is 109 cm³/mol. The molecule has 0 fully saturated rings. The van der Waals surface area contributed by atoms with E-state index < -0.39 is 30.0 Å². The fourth-order valence-corrected chi connectivity index (χ4v) is 4.56. The number of hydrogen-bond donors (Lipinski definition) is 4. The number of nitrogen functional groups attached to an aromatic ring is 2. The average Bonchev–Trinajstić information content (AvgIpc) is 2.65. The second-order valence-corrected chi connectivity index (χ2v) is 8.72. The molecule has 0 aliphatic heterocycles. The maximum atomic E-state index is 12.1. The van der Waals surface area contributed by atoms with Gasteiger partial charge in [0, 0.05) is 11.3 Å². The lowest BCUT2D eigenvalue weighted by molar-refractivity contribution is 0.481. The molecule has 2 aromatic carbocycles. The van der Waals surface area contributed by atoms with Crippen LogP contribution in [0.2, 0.25) is 0 Å². The maximum absolute atomic E-state index is 12.1. The summed E-state index contributed by atoms with van der Waals surface area (Å²) in [6, 6.07) is 8.15. The Bertz CT molecular complexity index is 1360. The Kier molecular flexibility index (Phi) is 5.54. The topological polar surface area (TPSA) is 199 Å². The van der Waals surface area contributed by atoms with E-state index in [2.05, 4.69) is 15.4 Å². The largest absolute Gasteiger partial charge is 0.398 e. The van der Waals surface area contributed by atoms with Crippen LogP contribution in [0.1, 0.15) is 11.1 Å². The van der Waals surface area contributed by atoms with Gasteiger partial charge < -0.3 is 11.5 Å². The van der Waals surface area contributed by atoms with Crippen molar-refractivity contribution in [1.29, 1.82) is 0 Å². The molecule has 3 aromatic rings. The molecule has 1 heterocycles. The number of benzene rings is 2. The summed E-state index contributed by atoms with van der Waals surface area (Å²) >= 11 is 0. The molecule has 0 bridgehead atoms. The highest BCUT2D eigenvalue weighted by Crippen LogP contribution is 2.35. The highest BCUT2D eigenvalue weighted by Gasteiger charge is 2.24. The third-order valence-corrected chi connectivity index (χ3v) is 5.96. The average molecular weight is 449 g/mol. The van der Waals surface area contributed by atoms with Gasteiger partial charge in [0.1, 0.15) is 9.79 Å². The van der Waals surface area contributed by atoms with E-state index >= 15 is 0 Å². The summed E-state index contributed by atoms with van der Waals surface area (Å²) in [5.74, 6) is 0. The molecule has 0 spiro atoms. The molecule has 0 saturated heterocycles. The first kappa shape index (κ1) is 21.3. The Morgan fingerprint density at radius 1 is 0.800 bits per heavy atom. The van der Waals surface area contributed by atoms with Gasteiger partial charge in [-0.05, 0) is 34.5 Å². The van der Waals surface area contributed by atoms with E-state index in [1.165, 1.54) is 54.7 Å². The van der Waals surface area contributed by atoms with E-state index in [1.54, 1.807) is 0 Å². The Morgan fingerprint density at radius 2 is 1.43 bits per heavy atom. The van der Waals surface area contributed by atoms with Crippen molar-refractivity contribution in [2.75, 3.05) is 11.5 Å². The number of rotatable bonds is 5. The van der Waals surface area contributed by atoms with E-state index in [-0.39, 0.29) is 33.8 Å². The highest BCUT2D eigenvalue weighted by molar-refractivity contribution is 7.86. The van der Waals surface area contributed by atoms with Crippen LogP contribution in [0.15, 0.2) is 52.4 Å². The normalized spacial score (nSPS) is 12.3. The van der Waals surface area contributed by atoms with Crippen LogP contribution in [0.5, 0.6) is 0 Å². The monoisotopic (exact) mass is 449 g/mol. The van der Waals surface area contributed by atoms with Crippen LogP contribution in [0.25, 0.3) is 23.4 Å². The van der Waals surface area contributed by atoms with Gasteiger partial charge >= 0.3 is 0 Å². The number of nitrogens with zero attached hydrogens (tertiary/aromatic N) is 3. The fraction of sp³-hybridized carbons (Fsp3) is 0. The van der Waals surface area contributed by atoms with Crippen LogP contribution in [0.3, 0.4) is 0 Å². The van der Waals surface area contributed by atoms with Crippen LogP contribution in [-0.4, -0.2) is 41.4 Å². The number of hydrogen-bond acceptors (Lipinski definition) is 9. The van der Waals surface area contributed by atoms with Crippen LogP contribution >= 0.6 is 0 Å². The highest BCUT2D eigenvalue weighted by atomic mass is 32.2. The zero-order valence-corrected chi connectivity index (χ0v) is 16.7. The standard InChI is InChI=1S/C17H15N5O6S2/c18-12-7-6-11(5-4-10-2-1-3-13(19)16(10)29(23,24)25)17(30(26,27)28)15(12)14-8-9-20-22-21-14/h1-9H,18-19H2,(H,23,24,25)(H,26,27,28)/b5-4+. The Morgan fingerprint density at radius 3 is 2.00 bits per heavy atom. The minimum Gasteiger partial charge on any atom is -0.398 e. The Hall–Kier alpha value is -3.39. The molecular formula is C17H15N5O6S2. The molecule has 11 nitrogen and oxygen atoms in total. The zero-order valence-electron chi connectivity index (χ0n) is 15.0. The van der Waals surface area contributed by atoms with Gasteiger partial charge in [0.05, 0.1) is 17.6 Å². The minimum absolute atomic E-state index is 0.000801. The van der Waals surface area contributed by atoms with Gasteiger partial charge in [0.2, 0.25) is 0 Å². The van der Waals surface area contributed by atoms with Crippen LogP contribution in [0, 0.1) is 0 Å². The third-order valence-electron chi connectivity index (χ3n) is 4.01. The van der Waals surface area contributed by atoms with Crippen LogP contribution in [0.4, 0.5) is 11.4 Å². The molecule has 13 heteroatoms. The van der Waals surface area contributed by atoms with Gasteiger partial charge in [-0.3, -0.25) is 9.11 Å². The second kappa shape index (κ2) is 7.79. The first-order chi connectivity index (χ1) is 14.0. The van der Waals surface area contributed by atoms with Crippen molar-refractivity contribution in [3.8, 4) is 11.3 Å². The predicted octanol–water partition coefficient (Wildman–Crippen LogP) is 1.37. The number of anilines is 2. The molecule has 0 aliphatic carbocycles. The van der Waals surface area contributed by atoms with Crippen molar-refractivity contribution in [3.63, 3.8) is 0 Å². The molecule has 0 radical (unpaired) electrons. The lowest BCUT2D eigenvalue weighted by Crippen LogP contribution is -2.08. The van der Waals surface area contributed by atoms with Gasteiger partial charge in [0.25, 0.3) is 20.2 Å². The van der Waals surface area contributed by atoms with E-state index in [1.807, 2.05) is 0 Å². The van der Waals surface area contributed by atoms with Crippen molar-refractivity contribution in [3.05, 3.63) is 53.7 Å². The number of aromatic nitrogens is 3. The van der Waals surface area contributed by atoms with Crippen LogP contribution in [-0.2, 0) is 20.2 Å². The van der Waals surface area contributed by atoms with Gasteiger partial charge in [0.15, 0.2) is 0 Å². The first-order valence-corrected chi connectivity index (χ1v) is 11.0. The van der Waals surface area contributed by atoms with Crippen molar-refractivity contribution in [2.45, 2.75) is 9.79 Å². The van der Waals surface area contributed by atoms with Gasteiger partial charge in [-0.1, -0.05) is 30.4 Å². The summed E-state index contributed by atoms with van der Waals surface area (Å²) in [6.07, 6.45) is 3.72. The molecule has 0 aliphatic rings. The third kappa shape index (κ3) is 4.28. The zero-order chi connectivity index (χ0) is 22.1. The van der Waals surface area contributed by atoms with Crippen molar-refractivity contribution in [2.24, 2.45) is 0 Å². The summed E-state index contributed by atoms with van der Waals surface area (Å²) in [4.78, 5) is -1.10. The van der Waals surface area contributed by atoms with E-state index in [4.69, 9.17) is 11.5 Å². The molecule has 0 unspecified atom stereocenters. The van der Waals surface area contributed by atoms with Crippen LogP contribution < -0.4 is 11.5 Å². The second-order valence-electron chi connectivity index (χ2n) is 6.00. The van der Waals surface area contributed by atoms with E-state index in [0.717, 1.165) is 0 Å². The smallest absolute Gasteiger partial charge is 0.297 e. The first-order valence-electron chi connectivity index (χ1n) is 8.09. The van der Waals surface area contributed by atoms with Gasteiger partial charge in [-0.15, -0.1) is 10.2 Å². The van der Waals surface area contributed by atoms with E-state index in [9.17, 15) is 25.9 Å². The van der Waals surface area contributed by atoms with Crippen molar-refractivity contribution in [1.82, 2.24) is 15.4 Å². The van der Waals surface area contributed by atoms with Crippen molar-refractivity contribution < 1.29 is 25.9 Å². The molecule has 3 rings (SSSR count). The molecule has 6 N–H and O–H groups in total. The molecule has 30 heavy (non-hydrogen) atoms. The molecule has 0 atom stereocenters. The Labute approximate surface area is 171 Å². The summed E-state index contributed by atoms with van der Waals surface area (Å²) in [7, 11) is -9.45. The SMILES string of the molecule is Nc1ccc(/C=C/c2cccc(N)c2S(=O)(=O)O)c(S(=O)(=O)O)c1-c1ccnnn1. The lowest BCUT2D eigenvalue weighted by Gasteiger charge is -2.12. The molecule has 156 valence electrons. The number of nitrogens with two attached hydrogens (primary N) is 2. The minimum atomic E-state index is -4.80.